The van der Waals surface area contributed by atoms with Crippen LogP contribution in [0.3, 0.4) is 0 Å². The molecule has 0 aliphatic carbocycles. The molecule has 0 radical (unpaired) electrons. The number of rotatable bonds is 5. The molecule has 4 heterocycles. The van der Waals surface area contributed by atoms with E-state index < -0.39 is 5.60 Å². The van der Waals surface area contributed by atoms with Crippen molar-refractivity contribution in [2.75, 3.05) is 6.54 Å². The van der Waals surface area contributed by atoms with Gasteiger partial charge in [-0.05, 0) is 63.3 Å². The average molecular weight is 439 g/mol. The molecule has 1 fully saturated rings. The zero-order valence-corrected chi connectivity index (χ0v) is 18.7. The third-order valence-corrected chi connectivity index (χ3v) is 6.38. The SMILES string of the molecule is C[C@@H]1CC[C@@H](Oc2ncccc2C(C)(C)O)CN1C(=O)c1sccc1-c1ncccn1. The Bertz CT molecular complexity index is 1050. The van der Waals surface area contributed by atoms with E-state index in [2.05, 4.69) is 21.9 Å². The van der Waals surface area contributed by atoms with Crippen molar-refractivity contribution < 1.29 is 14.6 Å². The zero-order chi connectivity index (χ0) is 22.0. The second-order valence-electron chi connectivity index (χ2n) is 8.27. The lowest BCUT2D eigenvalue weighted by Crippen LogP contribution is -2.49. The number of carbonyl (C=O) groups excluding carboxylic acids is 1. The van der Waals surface area contributed by atoms with Crippen LogP contribution in [0.25, 0.3) is 11.4 Å². The standard InChI is InChI=1S/C23H26N4O3S/c1-15-7-8-16(30-21-18(23(2,3)29)6-4-10-26-21)14-27(15)22(28)19-17(9-13-31-19)20-24-11-5-12-25-20/h4-6,9-13,15-16,29H,7-8,14H2,1-3H3/t15-,16-/m1/s1. The van der Waals surface area contributed by atoms with Crippen LogP contribution >= 0.6 is 11.3 Å². The van der Waals surface area contributed by atoms with Gasteiger partial charge in [-0.3, -0.25) is 4.79 Å². The van der Waals surface area contributed by atoms with Crippen LogP contribution in [0.4, 0.5) is 0 Å². The fourth-order valence-electron chi connectivity index (χ4n) is 3.78. The lowest BCUT2D eigenvalue weighted by Gasteiger charge is -2.38. The number of carbonyl (C=O) groups is 1. The van der Waals surface area contributed by atoms with Crippen LogP contribution in [0.15, 0.2) is 48.2 Å². The molecule has 4 rings (SSSR count). The van der Waals surface area contributed by atoms with Gasteiger partial charge in [0.1, 0.15) is 11.0 Å². The third-order valence-electron chi connectivity index (χ3n) is 5.47. The molecule has 31 heavy (non-hydrogen) atoms. The molecule has 0 spiro atoms. The summed E-state index contributed by atoms with van der Waals surface area (Å²) >= 11 is 1.40. The molecule has 3 aromatic heterocycles. The van der Waals surface area contributed by atoms with E-state index >= 15 is 0 Å². The molecule has 2 atom stereocenters. The largest absolute Gasteiger partial charge is 0.472 e. The quantitative estimate of drug-likeness (QED) is 0.650. The molecule has 1 saturated heterocycles. The van der Waals surface area contributed by atoms with Crippen molar-refractivity contribution in [1.29, 1.82) is 0 Å². The van der Waals surface area contributed by atoms with Gasteiger partial charge in [-0.1, -0.05) is 0 Å². The predicted molar refractivity (Wildman–Crippen MR) is 119 cm³/mol. The van der Waals surface area contributed by atoms with Gasteiger partial charge < -0.3 is 14.7 Å². The number of likely N-dealkylation sites (tertiary alicyclic amines) is 1. The number of aromatic nitrogens is 3. The first kappa shape index (κ1) is 21.4. The molecule has 3 aromatic rings. The molecule has 162 valence electrons. The Labute approximate surface area is 185 Å². The Morgan fingerprint density at radius 3 is 2.65 bits per heavy atom. The number of thiophene rings is 1. The third kappa shape index (κ3) is 4.60. The van der Waals surface area contributed by atoms with E-state index in [-0.39, 0.29) is 18.1 Å². The van der Waals surface area contributed by atoms with Crippen molar-refractivity contribution in [3.63, 3.8) is 0 Å². The summed E-state index contributed by atoms with van der Waals surface area (Å²) < 4.78 is 6.19. The molecule has 0 bridgehead atoms. The van der Waals surface area contributed by atoms with Crippen molar-refractivity contribution >= 4 is 17.2 Å². The van der Waals surface area contributed by atoms with Crippen molar-refractivity contribution in [2.45, 2.75) is 51.4 Å². The number of aliphatic hydroxyl groups is 1. The van der Waals surface area contributed by atoms with Crippen LogP contribution in [-0.4, -0.2) is 49.6 Å². The van der Waals surface area contributed by atoms with E-state index in [1.807, 2.05) is 22.4 Å². The lowest BCUT2D eigenvalue weighted by atomic mass is 9.98. The average Bonchev–Trinajstić information content (AvgIpc) is 3.25. The Balaban J connectivity index is 1.55. The van der Waals surface area contributed by atoms with Gasteiger partial charge in [0.15, 0.2) is 5.82 Å². The van der Waals surface area contributed by atoms with E-state index in [1.165, 1.54) is 11.3 Å². The second-order valence-corrected chi connectivity index (χ2v) is 9.19. The Kier molecular flexibility index (Phi) is 6.02. The summed E-state index contributed by atoms with van der Waals surface area (Å²) in [6, 6.07) is 7.33. The number of hydrogen-bond donors (Lipinski definition) is 1. The molecule has 0 aromatic carbocycles. The maximum absolute atomic E-state index is 13.5. The van der Waals surface area contributed by atoms with Gasteiger partial charge in [0.2, 0.25) is 5.88 Å². The zero-order valence-electron chi connectivity index (χ0n) is 17.9. The summed E-state index contributed by atoms with van der Waals surface area (Å²) in [5.74, 6) is 0.923. The van der Waals surface area contributed by atoms with E-state index in [4.69, 9.17) is 4.74 Å². The van der Waals surface area contributed by atoms with Gasteiger partial charge in [-0.2, -0.15) is 0 Å². The highest BCUT2D eigenvalue weighted by Crippen LogP contribution is 2.32. The van der Waals surface area contributed by atoms with Crippen LogP contribution in [-0.2, 0) is 5.60 Å². The molecule has 0 saturated carbocycles. The van der Waals surface area contributed by atoms with Crippen LogP contribution in [0.1, 0.15) is 48.8 Å². The van der Waals surface area contributed by atoms with Crippen molar-refractivity contribution in [1.82, 2.24) is 19.9 Å². The van der Waals surface area contributed by atoms with Crippen LogP contribution in [0, 0.1) is 0 Å². The van der Waals surface area contributed by atoms with E-state index in [1.54, 1.807) is 44.6 Å². The van der Waals surface area contributed by atoms with Crippen LogP contribution in [0.2, 0.25) is 0 Å². The minimum absolute atomic E-state index is 0.0398. The molecule has 7 nitrogen and oxygen atoms in total. The van der Waals surface area contributed by atoms with Gasteiger partial charge in [0, 0.05) is 35.8 Å². The van der Waals surface area contributed by atoms with Crippen molar-refractivity contribution in [2.24, 2.45) is 0 Å². The normalized spacial score (nSPS) is 19.3. The number of amides is 1. The molecule has 1 N–H and O–H groups in total. The molecule has 1 amide bonds. The highest BCUT2D eigenvalue weighted by molar-refractivity contribution is 7.12. The molecule has 1 aliphatic heterocycles. The maximum Gasteiger partial charge on any atom is 0.265 e. The first-order chi connectivity index (χ1) is 14.8. The first-order valence-corrected chi connectivity index (χ1v) is 11.2. The Morgan fingerprint density at radius 1 is 1.16 bits per heavy atom. The number of ether oxygens (including phenoxy) is 1. The number of nitrogens with zero attached hydrogens (tertiary/aromatic N) is 4. The first-order valence-electron chi connectivity index (χ1n) is 10.3. The summed E-state index contributed by atoms with van der Waals surface area (Å²) in [6.45, 7) is 5.93. The maximum atomic E-state index is 13.5. The fourth-order valence-corrected chi connectivity index (χ4v) is 4.63. The molecular weight excluding hydrogens is 412 g/mol. The van der Waals surface area contributed by atoms with E-state index in [0.29, 0.717) is 28.7 Å². The smallest absolute Gasteiger partial charge is 0.265 e. The number of piperidine rings is 1. The second kappa shape index (κ2) is 8.72. The number of pyridine rings is 1. The summed E-state index contributed by atoms with van der Waals surface area (Å²) in [7, 11) is 0. The molecule has 1 aliphatic rings. The topological polar surface area (TPSA) is 88.4 Å². The summed E-state index contributed by atoms with van der Waals surface area (Å²) in [4.78, 5) is 28.9. The minimum Gasteiger partial charge on any atom is -0.472 e. The van der Waals surface area contributed by atoms with Crippen LogP contribution in [0.5, 0.6) is 5.88 Å². The van der Waals surface area contributed by atoms with Crippen LogP contribution < -0.4 is 4.74 Å². The summed E-state index contributed by atoms with van der Waals surface area (Å²) in [5, 5.41) is 12.3. The molecular formula is C23H26N4O3S. The van der Waals surface area contributed by atoms with E-state index in [9.17, 15) is 9.90 Å². The summed E-state index contributed by atoms with van der Waals surface area (Å²) in [6.07, 6.45) is 6.43. The van der Waals surface area contributed by atoms with Gasteiger partial charge in [-0.25, -0.2) is 15.0 Å². The fraction of sp³-hybridized carbons (Fsp3) is 0.391. The Morgan fingerprint density at radius 2 is 1.90 bits per heavy atom. The molecule has 0 unspecified atom stereocenters. The van der Waals surface area contributed by atoms with Gasteiger partial charge >= 0.3 is 0 Å². The minimum atomic E-state index is -1.07. The van der Waals surface area contributed by atoms with Gasteiger partial charge in [0.25, 0.3) is 5.91 Å². The van der Waals surface area contributed by atoms with Gasteiger partial charge in [-0.15, -0.1) is 11.3 Å². The Hall–Kier alpha value is -2.84. The monoisotopic (exact) mass is 438 g/mol. The lowest BCUT2D eigenvalue weighted by molar-refractivity contribution is 0.0329. The number of hydrogen-bond acceptors (Lipinski definition) is 7. The highest BCUT2D eigenvalue weighted by Gasteiger charge is 2.34. The highest BCUT2D eigenvalue weighted by atomic mass is 32.1. The van der Waals surface area contributed by atoms with Crippen molar-refractivity contribution in [3.05, 3.63) is 58.7 Å². The molecule has 8 heteroatoms. The summed E-state index contributed by atoms with van der Waals surface area (Å²) in [5.41, 5.74) is 0.316. The van der Waals surface area contributed by atoms with Crippen molar-refractivity contribution in [3.8, 4) is 17.3 Å². The van der Waals surface area contributed by atoms with Gasteiger partial charge in [0.05, 0.1) is 12.1 Å². The van der Waals surface area contributed by atoms with E-state index in [0.717, 1.165) is 18.4 Å². The predicted octanol–water partition coefficient (Wildman–Crippen LogP) is 3.90.